The molecule has 1 aliphatic carbocycles. The molecule has 0 spiro atoms. The quantitative estimate of drug-likeness (QED) is 0.887. The Morgan fingerprint density at radius 3 is 2.71 bits per heavy atom. The second-order valence-electron chi connectivity index (χ2n) is 8.56. The molecule has 5 heteroatoms. The lowest BCUT2D eigenvalue weighted by atomic mass is 9.98. The maximum absolute atomic E-state index is 12.5. The van der Waals surface area contributed by atoms with Gasteiger partial charge in [0.1, 0.15) is 11.6 Å². The van der Waals surface area contributed by atoms with Crippen molar-refractivity contribution in [2.24, 2.45) is 0 Å². The minimum Gasteiger partial charge on any atom is -0.494 e. The first-order valence-corrected chi connectivity index (χ1v) is 10.7. The molecular formula is C23H29N3O2. The molecule has 2 bridgehead atoms. The predicted octanol–water partition coefficient (Wildman–Crippen LogP) is 3.10. The van der Waals surface area contributed by atoms with Crippen LogP contribution >= 0.6 is 0 Å². The van der Waals surface area contributed by atoms with Crippen LogP contribution in [0.1, 0.15) is 60.0 Å². The fraction of sp³-hybridized carbons (Fsp3) is 0.565. The molecule has 0 amide bonds. The van der Waals surface area contributed by atoms with E-state index in [-0.39, 0.29) is 5.56 Å². The molecule has 3 heterocycles. The fourth-order valence-electron chi connectivity index (χ4n) is 5.48. The van der Waals surface area contributed by atoms with Crippen LogP contribution < -0.4 is 10.3 Å². The number of aryl methyl sites for hydroxylation is 3. The molecule has 28 heavy (non-hydrogen) atoms. The second-order valence-corrected chi connectivity index (χ2v) is 8.56. The number of fused-ring (bicyclic) bond motifs is 4. The Balaban J connectivity index is 1.47. The third-order valence-electron chi connectivity index (χ3n) is 6.79. The largest absolute Gasteiger partial charge is 0.494 e. The molecule has 0 radical (unpaired) electrons. The van der Waals surface area contributed by atoms with Gasteiger partial charge in [0.2, 0.25) is 0 Å². The van der Waals surface area contributed by atoms with Crippen molar-refractivity contribution < 1.29 is 4.74 Å². The van der Waals surface area contributed by atoms with Gasteiger partial charge >= 0.3 is 0 Å². The van der Waals surface area contributed by atoms with Gasteiger partial charge in [-0.15, -0.1) is 0 Å². The minimum absolute atomic E-state index is 0.0579. The SMILES string of the molecule is CCOc1cc2c(cc1CN1[C@H]3CC[C@H]1Cc1c(nc(C)[nH]c1=O)C3)CCC2. The van der Waals surface area contributed by atoms with Crippen LogP contribution in [0.25, 0.3) is 0 Å². The third-order valence-corrected chi connectivity index (χ3v) is 6.79. The van der Waals surface area contributed by atoms with Crippen molar-refractivity contribution >= 4 is 0 Å². The van der Waals surface area contributed by atoms with E-state index >= 15 is 0 Å². The summed E-state index contributed by atoms with van der Waals surface area (Å²) in [7, 11) is 0. The summed E-state index contributed by atoms with van der Waals surface area (Å²) in [6.45, 7) is 5.54. The van der Waals surface area contributed by atoms with E-state index in [1.807, 2.05) is 6.92 Å². The van der Waals surface area contributed by atoms with Crippen molar-refractivity contribution in [3.63, 3.8) is 0 Å². The summed E-state index contributed by atoms with van der Waals surface area (Å²) in [6, 6.07) is 5.55. The second kappa shape index (κ2) is 7.03. The van der Waals surface area contributed by atoms with Gasteiger partial charge in [0.25, 0.3) is 5.56 Å². The molecule has 5 rings (SSSR count). The van der Waals surface area contributed by atoms with E-state index in [0.29, 0.717) is 18.7 Å². The molecule has 2 atom stereocenters. The van der Waals surface area contributed by atoms with E-state index in [4.69, 9.17) is 4.74 Å². The Hall–Kier alpha value is -2.14. The minimum atomic E-state index is 0.0579. The van der Waals surface area contributed by atoms with Crippen molar-refractivity contribution in [3.05, 3.63) is 56.3 Å². The number of hydrogen-bond acceptors (Lipinski definition) is 4. The Bertz CT molecular complexity index is 965. The summed E-state index contributed by atoms with van der Waals surface area (Å²) in [5.74, 6) is 1.78. The number of rotatable bonds is 4. The molecule has 0 saturated carbocycles. The number of nitrogens with zero attached hydrogens (tertiary/aromatic N) is 2. The van der Waals surface area contributed by atoms with Gasteiger partial charge in [0.05, 0.1) is 12.3 Å². The van der Waals surface area contributed by atoms with E-state index < -0.39 is 0 Å². The summed E-state index contributed by atoms with van der Waals surface area (Å²) in [6.07, 6.45) is 7.65. The summed E-state index contributed by atoms with van der Waals surface area (Å²) in [5.41, 5.74) is 6.24. The van der Waals surface area contributed by atoms with E-state index in [2.05, 4.69) is 33.9 Å². The molecule has 2 aliphatic heterocycles. The van der Waals surface area contributed by atoms with E-state index in [1.165, 1.54) is 42.4 Å². The number of nitrogens with one attached hydrogen (secondary N) is 1. The van der Waals surface area contributed by atoms with Crippen LogP contribution in [0.4, 0.5) is 0 Å². The Morgan fingerprint density at radius 2 is 1.93 bits per heavy atom. The number of H-pyrrole nitrogens is 1. The van der Waals surface area contributed by atoms with Gasteiger partial charge < -0.3 is 9.72 Å². The Labute approximate surface area is 166 Å². The first kappa shape index (κ1) is 17.9. The molecule has 1 N–H and O–H groups in total. The molecule has 5 nitrogen and oxygen atoms in total. The van der Waals surface area contributed by atoms with Crippen LogP contribution in [-0.4, -0.2) is 33.6 Å². The predicted molar refractivity (Wildman–Crippen MR) is 109 cm³/mol. The molecule has 148 valence electrons. The van der Waals surface area contributed by atoms with Crippen LogP contribution in [-0.2, 0) is 32.2 Å². The molecule has 1 saturated heterocycles. The molecule has 0 unspecified atom stereocenters. The summed E-state index contributed by atoms with van der Waals surface area (Å²) >= 11 is 0. The highest BCUT2D eigenvalue weighted by atomic mass is 16.5. The highest BCUT2D eigenvalue weighted by molar-refractivity contribution is 5.45. The van der Waals surface area contributed by atoms with Crippen LogP contribution in [0.2, 0.25) is 0 Å². The number of hydrogen-bond donors (Lipinski definition) is 1. The Kier molecular flexibility index (Phi) is 4.50. The van der Waals surface area contributed by atoms with Crippen molar-refractivity contribution in [3.8, 4) is 5.75 Å². The first-order chi connectivity index (χ1) is 13.6. The zero-order valence-electron chi connectivity index (χ0n) is 16.9. The van der Waals surface area contributed by atoms with Crippen molar-refractivity contribution in [1.82, 2.24) is 14.9 Å². The van der Waals surface area contributed by atoms with Crippen molar-refractivity contribution in [1.29, 1.82) is 0 Å². The van der Waals surface area contributed by atoms with Gasteiger partial charge in [0.15, 0.2) is 0 Å². The van der Waals surface area contributed by atoms with E-state index in [1.54, 1.807) is 0 Å². The van der Waals surface area contributed by atoms with Crippen LogP contribution in [0.15, 0.2) is 16.9 Å². The molecule has 1 fully saturated rings. The van der Waals surface area contributed by atoms with Gasteiger partial charge in [-0.05, 0) is 69.6 Å². The summed E-state index contributed by atoms with van der Waals surface area (Å²) in [4.78, 5) is 22.7. The topological polar surface area (TPSA) is 58.2 Å². The van der Waals surface area contributed by atoms with Gasteiger partial charge in [0, 0.05) is 36.2 Å². The molecule has 3 aliphatic rings. The molecular weight excluding hydrogens is 350 g/mol. The molecule has 1 aromatic heterocycles. The summed E-state index contributed by atoms with van der Waals surface area (Å²) in [5, 5.41) is 0. The van der Waals surface area contributed by atoms with Crippen LogP contribution in [0, 0.1) is 6.92 Å². The maximum atomic E-state index is 12.5. The number of ether oxygens (including phenoxy) is 1. The lowest BCUT2D eigenvalue weighted by Gasteiger charge is -2.29. The lowest BCUT2D eigenvalue weighted by molar-refractivity contribution is 0.184. The number of aromatic amines is 1. The van der Waals surface area contributed by atoms with Crippen LogP contribution in [0.5, 0.6) is 5.75 Å². The average molecular weight is 380 g/mol. The van der Waals surface area contributed by atoms with Crippen molar-refractivity contribution in [2.75, 3.05) is 6.61 Å². The van der Waals surface area contributed by atoms with E-state index in [0.717, 1.165) is 48.6 Å². The standard InChI is InChI=1S/C23H29N3O2/c1-3-28-22-10-16-6-4-5-15(16)9-17(22)13-26-18-7-8-19(26)12-21-20(11-18)23(27)25-14(2)24-21/h9-10,18-19H,3-8,11-13H2,1-2H3,(H,24,25,27)/t18-,19-/m0/s1. The molecule has 1 aromatic carbocycles. The zero-order valence-corrected chi connectivity index (χ0v) is 16.9. The van der Waals surface area contributed by atoms with Crippen LogP contribution in [0.3, 0.4) is 0 Å². The first-order valence-electron chi connectivity index (χ1n) is 10.7. The maximum Gasteiger partial charge on any atom is 0.254 e. The van der Waals surface area contributed by atoms with Gasteiger partial charge in [-0.3, -0.25) is 9.69 Å². The van der Waals surface area contributed by atoms with Gasteiger partial charge in [-0.2, -0.15) is 0 Å². The van der Waals surface area contributed by atoms with Gasteiger partial charge in [-0.25, -0.2) is 4.98 Å². The highest BCUT2D eigenvalue weighted by Gasteiger charge is 2.38. The van der Waals surface area contributed by atoms with Crippen molar-refractivity contribution in [2.45, 2.75) is 77.4 Å². The van der Waals surface area contributed by atoms with Gasteiger partial charge in [-0.1, -0.05) is 6.07 Å². The summed E-state index contributed by atoms with van der Waals surface area (Å²) < 4.78 is 6.03. The lowest BCUT2D eigenvalue weighted by Crippen LogP contribution is -2.36. The zero-order chi connectivity index (χ0) is 19.3. The number of benzene rings is 1. The fourth-order valence-corrected chi connectivity index (χ4v) is 5.48. The number of aromatic nitrogens is 2. The van der Waals surface area contributed by atoms with E-state index in [9.17, 15) is 4.79 Å². The average Bonchev–Trinajstić information content (AvgIpc) is 3.20. The monoisotopic (exact) mass is 379 g/mol. The highest BCUT2D eigenvalue weighted by Crippen LogP contribution is 2.37. The Morgan fingerprint density at radius 1 is 1.18 bits per heavy atom. The smallest absolute Gasteiger partial charge is 0.254 e. The molecule has 2 aromatic rings. The normalized spacial score (nSPS) is 23.4. The third kappa shape index (κ3) is 3.06.